The predicted octanol–water partition coefficient (Wildman–Crippen LogP) is 3.91. The lowest BCUT2D eigenvalue weighted by Crippen LogP contribution is -2.27. The largest absolute Gasteiger partial charge is 0.356 e. The van der Waals surface area contributed by atoms with Crippen LogP contribution in [0.2, 0.25) is 0 Å². The summed E-state index contributed by atoms with van der Waals surface area (Å²) in [5.41, 5.74) is 3.00. The summed E-state index contributed by atoms with van der Waals surface area (Å²) in [5.74, 6) is 1.16. The van der Waals surface area contributed by atoms with Gasteiger partial charge in [0.25, 0.3) is 0 Å². The van der Waals surface area contributed by atoms with E-state index in [1.54, 1.807) is 0 Å². The molecule has 1 aromatic heterocycles. The van der Waals surface area contributed by atoms with Crippen LogP contribution in [0, 0.1) is 12.3 Å². The smallest absolute Gasteiger partial charge is 0.128 e. The first-order chi connectivity index (χ1) is 10.1. The first-order valence-electron chi connectivity index (χ1n) is 8.56. The molecule has 0 unspecified atom stereocenters. The molecule has 1 aliphatic rings. The number of rotatable bonds is 7. The molecule has 1 aromatic rings. The normalized spacial score (nSPS) is 17.4. The van der Waals surface area contributed by atoms with Crippen molar-refractivity contribution in [3.8, 4) is 0 Å². The molecular formula is C18H31N3. The first-order valence-corrected chi connectivity index (χ1v) is 8.56. The quantitative estimate of drug-likeness (QED) is 0.771. The zero-order chi connectivity index (χ0) is 15.3. The highest BCUT2D eigenvalue weighted by atomic mass is 15.2. The number of aromatic nitrogens is 1. The Bertz CT molecular complexity index is 452. The molecule has 2 heterocycles. The fourth-order valence-corrected chi connectivity index (χ4v) is 3.30. The van der Waals surface area contributed by atoms with E-state index >= 15 is 0 Å². The lowest BCUT2D eigenvalue weighted by molar-refractivity contribution is 0.301. The Hall–Kier alpha value is -1.09. The van der Waals surface area contributed by atoms with E-state index in [0.29, 0.717) is 5.41 Å². The summed E-state index contributed by atoms with van der Waals surface area (Å²) in [7, 11) is 0. The molecule has 0 spiro atoms. The zero-order valence-corrected chi connectivity index (χ0v) is 14.2. The van der Waals surface area contributed by atoms with Crippen LogP contribution in [0.15, 0.2) is 12.1 Å². The third-order valence-corrected chi connectivity index (χ3v) is 5.19. The van der Waals surface area contributed by atoms with Gasteiger partial charge in [-0.1, -0.05) is 26.8 Å². The van der Waals surface area contributed by atoms with Crippen LogP contribution in [0.3, 0.4) is 0 Å². The Morgan fingerprint density at radius 3 is 2.57 bits per heavy atom. The van der Waals surface area contributed by atoms with Gasteiger partial charge in [0.2, 0.25) is 0 Å². The molecule has 3 heteroatoms. The fourth-order valence-electron chi connectivity index (χ4n) is 3.30. The van der Waals surface area contributed by atoms with Crippen molar-refractivity contribution < 1.29 is 0 Å². The third-order valence-electron chi connectivity index (χ3n) is 5.19. The van der Waals surface area contributed by atoms with Gasteiger partial charge in [-0.05, 0) is 56.2 Å². The number of nitrogens with zero attached hydrogens (tertiary/aromatic N) is 2. The second-order valence-corrected chi connectivity index (χ2v) is 6.47. The molecule has 1 N–H and O–H groups in total. The standard InChI is InChI=1S/C18H31N3/c1-5-11-19-13-16-8-9-17(20-15(16)4)21-12-10-18(6-2,7-3)14-21/h8-9,19H,5-7,10-14H2,1-4H3. The molecule has 0 saturated carbocycles. The van der Waals surface area contributed by atoms with E-state index in [1.807, 2.05) is 0 Å². The summed E-state index contributed by atoms with van der Waals surface area (Å²) in [6.45, 7) is 13.3. The number of anilines is 1. The first kappa shape index (κ1) is 16.3. The predicted molar refractivity (Wildman–Crippen MR) is 90.8 cm³/mol. The molecule has 1 saturated heterocycles. The minimum Gasteiger partial charge on any atom is -0.356 e. The van der Waals surface area contributed by atoms with E-state index in [2.05, 4.69) is 50.0 Å². The minimum absolute atomic E-state index is 0.511. The molecule has 0 aliphatic carbocycles. The van der Waals surface area contributed by atoms with Crippen LogP contribution in [-0.4, -0.2) is 24.6 Å². The molecule has 0 bridgehead atoms. The summed E-state index contributed by atoms with van der Waals surface area (Å²) >= 11 is 0. The van der Waals surface area contributed by atoms with Crippen molar-refractivity contribution in [2.45, 2.75) is 59.9 Å². The monoisotopic (exact) mass is 289 g/mol. The van der Waals surface area contributed by atoms with Crippen LogP contribution in [0.5, 0.6) is 0 Å². The minimum atomic E-state index is 0.511. The summed E-state index contributed by atoms with van der Waals surface area (Å²) in [6, 6.07) is 4.45. The number of nitrogens with one attached hydrogen (secondary N) is 1. The Balaban J connectivity index is 2.03. The Labute approximate surface area is 130 Å². The topological polar surface area (TPSA) is 28.2 Å². The molecular weight excluding hydrogens is 258 g/mol. The van der Waals surface area contributed by atoms with Gasteiger partial charge in [0.05, 0.1) is 0 Å². The molecule has 21 heavy (non-hydrogen) atoms. The Morgan fingerprint density at radius 1 is 1.24 bits per heavy atom. The lowest BCUT2D eigenvalue weighted by Gasteiger charge is -2.27. The van der Waals surface area contributed by atoms with Gasteiger partial charge in [-0.3, -0.25) is 0 Å². The molecule has 0 atom stereocenters. The molecule has 2 rings (SSSR count). The van der Waals surface area contributed by atoms with Crippen LogP contribution >= 0.6 is 0 Å². The lowest BCUT2D eigenvalue weighted by atomic mass is 9.82. The maximum Gasteiger partial charge on any atom is 0.128 e. The summed E-state index contributed by atoms with van der Waals surface area (Å²) in [4.78, 5) is 7.33. The number of hydrogen-bond acceptors (Lipinski definition) is 3. The average molecular weight is 289 g/mol. The van der Waals surface area contributed by atoms with E-state index in [9.17, 15) is 0 Å². The maximum absolute atomic E-state index is 4.85. The van der Waals surface area contributed by atoms with Gasteiger partial charge in [0, 0.05) is 25.3 Å². The number of aryl methyl sites for hydroxylation is 1. The van der Waals surface area contributed by atoms with E-state index in [1.165, 1.54) is 43.5 Å². The van der Waals surface area contributed by atoms with Crippen molar-refractivity contribution in [2.24, 2.45) is 5.41 Å². The van der Waals surface area contributed by atoms with Crippen molar-refractivity contribution >= 4 is 5.82 Å². The van der Waals surface area contributed by atoms with E-state index in [0.717, 1.165) is 25.5 Å². The van der Waals surface area contributed by atoms with Gasteiger partial charge in [-0.2, -0.15) is 0 Å². The SMILES string of the molecule is CCCNCc1ccc(N2CCC(CC)(CC)C2)nc1C. The van der Waals surface area contributed by atoms with Crippen molar-refractivity contribution in [3.05, 3.63) is 23.4 Å². The summed E-state index contributed by atoms with van der Waals surface area (Å²) in [5, 5.41) is 3.46. The van der Waals surface area contributed by atoms with Crippen molar-refractivity contribution in [1.82, 2.24) is 10.3 Å². The van der Waals surface area contributed by atoms with Gasteiger partial charge >= 0.3 is 0 Å². The highest BCUT2D eigenvalue weighted by Crippen LogP contribution is 2.38. The highest BCUT2D eigenvalue weighted by Gasteiger charge is 2.35. The summed E-state index contributed by atoms with van der Waals surface area (Å²) in [6.07, 6.45) is 5.03. The molecule has 0 aromatic carbocycles. The summed E-state index contributed by atoms with van der Waals surface area (Å²) < 4.78 is 0. The maximum atomic E-state index is 4.85. The van der Waals surface area contributed by atoms with E-state index in [4.69, 9.17) is 4.98 Å². The van der Waals surface area contributed by atoms with Gasteiger partial charge < -0.3 is 10.2 Å². The second kappa shape index (κ2) is 7.26. The van der Waals surface area contributed by atoms with Gasteiger partial charge in [0.15, 0.2) is 0 Å². The van der Waals surface area contributed by atoms with Crippen LogP contribution < -0.4 is 10.2 Å². The third kappa shape index (κ3) is 3.76. The molecule has 1 aliphatic heterocycles. The Morgan fingerprint density at radius 2 is 2.00 bits per heavy atom. The molecule has 1 fully saturated rings. The molecule has 0 radical (unpaired) electrons. The molecule has 0 amide bonds. The van der Waals surface area contributed by atoms with E-state index in [-0.39, 0.29) is 0 Å². The fraction of sp³-hybridized carbons (Fsp3) is 0.722. The van der Waals surface area contributed by atoms with E-state index < -0.39 is 0 Å². The highest BCUT2D eigenvalue weighted by molar-refractivity contribution is 5.43. The van der Waals surface area contributed by atoms with Crippen LogP contribution in [0.1, 0.15) is 57.7 Å². The van der Waals surface area contributed by atoms with Gasteiger partial charge in [-0.25, -0.2) is 4.98 Å². The second-order valence-electron chi connectivity index (χ2n) is 6.47. The Kier molecular flexibility index (Phi) is 5.63. The average Bonchev–Trinajstić information content (AvgIpc) is 2.94. The zero-order valence-electron chi connectivity index (χ0n) is 14.2. The van der Waals surface area contributed by atoms with Gasteiger partial charge in [-0.15, -0.1) is 0 Å². The van der Waals surface area contributed by atoms with Crippen LogP contribution in [0.4, 0.5) is 5.82 Å². The van der Waals surface area contributed by atoms with Crippen molar-refractivity contribution in [3.63, 3.8) is 0 Å². The van der Waals surface area contributed by atoms with Crippen LogP contribution in [-0.2, 0) is 6.54 Å². The van der Waals surface area contributed by atoms with Crippen molar-refractivity contribution in [1.29, 1.82) is 0 Å². The number of pyridine rings is 1. The number of hydrogen-bond donors (Lipinski definition) is 1. The van der Waals surface area contributed by atoms with Gasteiger partial charge in [0.1, 0.15) is 5.82 Å². The van der Waals surface area contributed by atoms with Crippen molar-refractivity contribution in [2.75, 3.05) is 24.5 Å². The molecule has 3 nitrogen and oxygen atoms in total. The molecule has 118 valence electrons. The van der Waals surface area contributed by atoms with Crippen LogP contribution in [0.25, 0.3) is 0 Å².